The van der Waals surface area contributed by atoms with Gasteiger partial charge in [-0.1, -0.05) is 57.0 Å². The lowest BCUT2D eigenvalue weighted by Gasteiger charge is -2.36. The minimum Gasteiger partial charge on any atom is -0.481 e. The molecule has 1 aliphatic heterocycles. The van der Waals surface area contributed by atoms with Gasteiger partial charge in [0.2, 0.25) is 0 Å². The smallest absolute Gasteiger partial charge is 0.326 e. The Balaban J connectivity index is 0.000000804. The van der Waals surface area contributed by atoms with E-state index in [0.717, 1.165) is 24.8 Å². The van der Waals surface area contributed by atoms with Gasteiger partial charge in [0.05, 0.1) is 12.6 Å². The van der Waals surface area contributed by atoms with Gasteiger partial charge in [-0.05, 0) is 18.1 Å². The second-order valence-electron chi connectivity index (χ2n) is 6.75. The zero-order chi connectivity index (χ0) is 22.6. The van der Waals surface area contributed by atoms with Crippen LogP contribution in [0, 0.1) is 0 Å². The van der Waals surface area contributed by atoms with Crippen LogP contribution in [0.3, 0.4) is 0 Å². The van der Waals surface area contributed by atoms with Gasteiger partial charge in [-0.15, -0.1) is 0 Å². The molecule has 8 heteroatoms. The molecule has 30 heavy (non-hydrogen) atoms. The van der Waals surface area contributed by atoms with Crippen LogP contribution in [0.1, 0.15) is 45.1 Å². The predicted molar refractivity (Wildman–Crippen MR) is 115 cm³/mol. The fourth-order valence-electron chi connectivity index (χ4n) is 3.03. The Kier molecular flexibility index (Phi) is 11.1. The van der Waals surface area contributed by atoms with E-state index in [0.29, 0.717) is 12.2 Å². The largest absolute Gasteiger partial charge is 0.481 e. The molecule has 0 bridgehead atoms. The highest BCUT2D eigenvalue weighted by Gasteiger charge is 2.51. The Hall–Kier alpha value is -2.42. The molecule has 1 unspecified atom stereocenters. The van der Waals surface area contributed by atoms with Gasteiger partial charge < -0.3 is 24.6 Å². The first-order valence-corrected chi connectivity index (χ1v) is 10.1. The second-order valence-corrected chi connectivity index (χ2v) is 6.75. The first kappa shape index (κ1) is 25.6. The summed E-state index contributed by atoms with van der Waals surface area (Å²) in [7, 11) is 4.73. The van der Waals surface area contributed by atoms with Gasteiger partial charge in [-0.25, -0.2) is 4.79 Å². The molecule has 1 atom stereocenters. The van der Waals surface area contributed by atoms with Crippen LogP contribution >= 0.6 is 0 Å². The fraction of sp³-hybridized carbons (Fsp3) is 0.545. The minimum atomic E-state index is -1.28. The predicted octanol–water partition coefficient (Wildman–Crippen LogP) is 3.69. The van der Waals surface area contributed by atoms with Crippen LogP contribution in [0.4, 0.5) is 4.79 Å². The molecule has 0 saturated carbocycles. The van der Waals surface area contributed by atoms with Crippen LogP contribution in [0.5, 0.6) is 0 Å². The van der Waals surface area contributed by atoms with Gasteiger partial charge in [0.15, 0.2) is 0 Å². The van der Waals surface area contributed by atoms with Crippen molar-refractivity contribution in [2.45, 2.75) is 51.5 Å². The summed E-state index contributed by atoms with van der Waals surface area (Å²) in [5.74, 6) is -2.03. The summed E-state index contributed by atoms with van der Waals surface area (Å²) in [6.07, 6.45) is 4.99. The van der Waals surface area contributed by atoms with E-state index in [4.69, 9.17) is 19.3 Å². The molecule has 0 spiro atoms. The third-order valence-corrected chi connectivity index (χ3v) is 4.75. The Morgan fingerprint density at radius 2 is 1.80 bits per heavy atom. The SMILES string of the molecule is CCC(=O)O.CCCCC(CN1C(=O)NC(=Cc2ccccc2)C1(OC)OC)OC. The number of carboxylic acids is 1. The molecule has 1 heterocycles. The number of carboxylic acid groups (broad SMARTS) is 1. The number of ether oxygens (including phenoxy) is 3. The van der Waals surface area contributed by atoms with Crippen molar-refractivity contribution in [3.63, 3.8) is 0 Å². The molecule has 8 nitrogen and oxygen atoms in total. The molecule has 1 saturated heterocycles. The Morgan fingerprint density at radius 3 is 2.27 bits per heavy atom. The molecule has 0 aliphatic carbocycles. The average molecular weight is 423 g/mol. The van der Waals surface area contributed by atoms with Crippen LogP contribution in [0.15, 0.2) is 36.0 Å². The lowest BCUT2D eigenvalue weighted by Crippen LogP contribution is -2.52. The second kappa shape index (κ2) is 13.0. The Bertz CT molecular complexity index is 688. The molecule has 1 fully saturated rings. The number of carbonyl (C=O) groups excluding carboxylic acids is 1. The number of urea groups is 1. The molecule has 168 valence electrons. The van der Waals surface area contributed by atoms with Gasteiger partial charge in [-0.3, -0.25) is 9.69 Å². The number of methoxy groups -OCH3 is 3. The van der Waals surface area contributed by atoms with Crippen LogP contribution in [0.25, 0.3) is 6.08 Å². The Labute approximate surface area is 178 Å². The number of rotatable bonds is 10. The maximum atomic E-state index is 12.6. The molecule has 1 aromatic rings. The van der Waals surface area contributed by atoms with Gasteiger partial charge >= 0.3 is 12.0 Å². The van der Waals surface area contributed by atoms with Crippen molar-refractivity contribution < 1.29 is 28.9 Å². The first-order chi connectivity index (χ1) is 14.4. The number of aliphatic carboxylic acids is 1. The molecule has 1 aliphatic rings. The lowest BCUT2D eigenvalue weighted by atomic mass is 10.1. The highest BCUT2D eigenvalue weighted by atomic mass is 16.7. The first-order valence-electron chi connectivity index (χ1n) is 10.1. The number of benzene rings is 1. The number of amides is 2. The normalized spacial score (nSPS) is 17.3. The van der Waals surface area contributed by atoms with Crippen LogP contribution in [-0.2, 0) is 19.0 Å². The third-order valence-electron chi connectivity index (χ3n) is 4.75. The molecule has 2 amide bonds. The van der Waals surface area contributed by atoms with Crippen LogP contribution in [-0.4, -0.2) is 61.9 Å². The molecule has 2 rings (SSSR count). The third kappa shape index (κ3) is 6.83. The highest BCUT2D eigenvalue weighted by molar-refractivity contribution is 5.83. The van der Waals surface area contributed by atoms with Crippen LogP contribution < -0.4 is 5.32 Å². The van der Waals surface area contributed by atoms with E-state index in [1.807, 2.05) is 36.4 Å². The van der Waals surface area contributed by atoms with Gasteiger partial charge in [-0.2, -0.15) is 0 Å². The van der Waals surface area contributed by atoms with E-state index in [2.05, 4.69) is 12.2 Å². The van der Waals surface area contributed by atoms with Crippen molar-refractivity contribution in [3.05, 3.63) is 41.6 Å². The van der Waals surface area contributed by atoms with E-state index >= 15 is 0 Å². The summed E-state index contributed by atoms with van der Waals surface area (Å²) in [5, 5.41) is 10.6. The Morgan fingerprint density at radius 1 is 1.20 bits per heavy atom. The summed E-state index contributed by atoms with van der Waals surface area (Å²) in [4.78, 5) is 23.5. The van der Waals surface area contributed by atoms with Crippen molar-refractivity contribution in [3.8, 4) is 0 Å². The van der Waals surface area contributed by atoms with Gasteiger partial charge in [0, 0.05) is 27.8 Å². The van der Waals surface area contributed by atoms with E-state index < -0.39 is 11.9 Å². The minimum absolute atomic E-state index is 0.0774. The molecular formula is C22H34N2O6. The number of unbranched alkanes of at least 4 members (excludes halogenated alkanes) is 1. The lowest BCUT2D eigenvalue weighted by molar-refractivity contribution is -0.246. The topological polar surface area (TPSA) is 97.3 Å². The standard InChI is InChI=1S/C19H28N2O4.C3H6O2/c1-5-6-12-16(23-2)14-21-18(22)20-17(19(21,24-3)25-4)13-15-10-8-7-9-11-15;1-2-3(4)5/h7-11,13,16H,5-6,12,14H2,1-4H3,(H,20,22);2H2,1H3,(H,4,5). The van der Waals surface area contributed by atoms with E-state index in [9.17, 15) is 9.59 Å². The molecule has 2 N–H and O–H groups in total. The monoisotopic (exact) mass is 422 g/mol. The number of nitrogens with one attached hydrogen (secondary N) is 1. The van der Waals surface area contributed by atoms with Crippen molar-refractivity contribution in [1.29, 1.82) is 0 Å². The molecule has 1 aromatic carbocycles. The summed E-state index contributed by atoms with van der Waals surface area (Å²) in [6.45, 7) is 4.11. The van der Waals surface area contributed by atoms with E-state index in [1.54, 1.807) is 18.9 Å². The van der Waals surface area contributed by atoms with Gasteiger partial charge in [0.25, 0.3) is 5.91 Å². The summed E-state index contributed by atoms with van der Waals surface area (Å²) in [6, 6.07) is 9.47. The number of hydrogen-bond donors (Lipinski definition) is 2. The van der Waals surface area contributed by atoms with Crippen molar-refractivity contribution in [1.82, 2.24) is 10.2 Å². The van der Waals surface area contributed by atoms with Crippen molar-refractivity contribution in [2.24, 2.45) is 0 Å². The van der Waals surface area contributed by atoms with E-state index in [1.165, 1.54) is 14.2 Å². The highest BCUT2D eigenvalue weighted by Crippen LogP contribution is 2.33. The number of nitrogens with zero attached hydrogens (tertiary/aromatic N) is 1. The summed E-state index contributed by atoms with van der Waals surface area (Å²) >= 11 is 0. The average Bonchev–Trinajstić information content (AvgIpc) is 3.02. The number of hydrogen-bond acceptors (Lipinski definition) is 5. The maximum absolute atomic E-state index is 12.6. The van der Waals surface area contributed by atoms with Gasteiger partial charge in [0.1, 0.15) is 5.70 Å². The molecule has 0 aromatic heterocycles. The van der Waals surface area contributed by atoms with E-state index in [-0.39, 0.29) is 18.6 Å². The zero-order valence-electron chi connectivity index (χ0n) is 18.5. The number of carbonyl (C=O) groups is 2. The molecular weight excluding hydrogens is 388 g/mol. The molecule has 0 radical (unpaired) electrons. The summed E-state index contributed by atoms with van der Waals surface area (Å²) in [5.41, 5.74) is 1.51. The maximum Gasteiger partial charge on any atom is 0.326 e. The quantitative estimate of drug-likeness (QED) is 0.558. The fourth-order valence-corrected chi connectivity index (χ4v) is 3.03. The van der Waals surface area contributed by atoms with Crippen molar-refractivity contribution in [2.75, 3.05) is 27.9 Å². The summed E-state index contributed by atoms with van der Waals surface area (Å²) < 4.78 is 16.9. The zero-order valence-corrected chi connectivity index (χ0v) is 18.5. The van der Waals surface area contributed by atoms with Crippen molar-refractivity contribution >= 4 is 18.1 Å². The van der Waals surface area contributed by atoms with Crippen LogP contribution in [0.2, 0.25) is 0 Å².